The van der Waals surface area contributed by atoms with Crippen LogP contribution in [-0.2, 0) is 0 Å². The number of benzene rings is 5. The maximum atomic E-state index is 5.14. The predicted octanol–water partition coefficient (Wildman–Crippen LogP) is 9.78. The Labute approximate surface area is 267 Å². The molecule has 0 bridgehead atoms. The summed E-state index contributed by atoms with van der Waals surface area (Å²) < 4.78 is 7.04. The van der Waals surface area contributed by atoms with E-state index in [2.05, 4.69) is 139 Å². The molecule has 6 heterocycles. The molecular weight excluding hydrogens is 576 g/mol. The molecule has 47 heavy (non-hydrogen) atoms. The van der Waals surface area contributed by atoms with Gasteiger partial charge in [0.1, 0.15) is 11.2 Å². The highest BCUT2D eigenvalue weighted by atomic mass is 15.0. The van der Waals surface area contributed by atoms with Crippen LogP contribution in [0.5, 0.6) is 0 Å². The average molecular weight is 601 g/mol. The Hall–Kier alpha value is -6.53. The summed E-state index contributed by atoms with van der Waals surface area (Å²) in [6, 6.07) is 43.7. The second-order valence-electron chi connectivity index (χ2n) is 12.2. The molecule has 6 nitrogen and oxygen atoms in total. The number of nitrogens with zero attached hydrogens (tertiary/aromatic N) is 6. The number of rotatable bonds is 2. The molecule has 0 aliphatic heterocycles. The fourth-order valence-corrected chi connectivity index (χ4v) is 7.79. The van der Waals surface area contributed by atoms with Crippen molar-refractivity contribution in [2.45, 2.75) is 0 Å². The zero-order valence-corrected chi connectivity index (χ0v) is 25.0. The smallest absolute Gasteiger partial charge is 0.146 e. The molecule has 0 amide bonds. The van der Waals surface area contributed by atoms with Crippen LogP contribution < -0.4 is 0 Å². The first-order valence-electron chi connectivity index (χ1n) is 15.8. The Balaban J connectivity index is 1.38. The molecule has 0 aliphatic carbocycles. The fraction of sp³-hybridized carbons (Fsp3) is 0. The molecule has 6 aromatic heterocycles. The van der Waals surface area contributed by atoms with E-state index in [1.54, 1.807) is 0 Å². The van der Waals surface area contributed by atoms with Crippen molar-refractivity contribution in [3.63, 3.8) is 0 Å². The largest absolute Gasteiger partial charge is 0.309 e. The third-order valence-corrected chi connectivity index (χ3v) is 9.76. The van der Waals surface area contributed by atoms with Crippen LogP contribution in [0, 0.1) is 0 Å². The zero-order valence-electron chi connectivity index (χ0n) is 25.0. The quantitative estimate of drug-likeness (QED) is 0.186. The van der Waals surface area contributed by atoms with Crippen molar-refractivity contribution in [1.29, 1.82) is 0 Å². The number of hydrogen-bond acceptors (Lipinski definition) is 3. The van der Waals surface area contributed by atoms with Crippen molar-refractivity contribution in [2.24, 2.45) is 0 Å². The van der Waals surface area contributed by atoms with Crippen LogP contribution in [0.3, 0.4) is 0 Å². The molecular formula is C41H24N6. The van der Waals surface area contributed by atoms with Crippen molar-refractivity contribution >= 4 is 82.0 Å². The number of imidazole rings is 1. The van der Waals surface area contributed by atoms with Crippen LogP contribution in [0.15, 0.2) is 146 Å². The van der Waals surface area contributed by atoms with Gasteiger partial charge in [0, 0.05) is 56.1 Å². The SMILES string of the molecule is c1ccc(-n2c3ccccc3c3cc4c5cc6c(cc5n(-c5ccccc5)c4cc32)c2ccncc2n2c3ccncc3nc62)cc1. The number of pyridine rings is 3. The van der Waals surface area contributed by atoms with Crippen LogP contribution in [-0.4, -0.2) is 28.5 Å². The van der Waals surface area contributed by atoms with Gasteiger partial charge in [0.25, 0.3) is 0 Å². The van der Waals surface area contributed by atoms with Crippen LogP contribution in [0.25, 0.3) is 93.3 Å². The van der Waals surface area contributed by atoms with E-state index in [9.17, 15) is 0 Å². The van der Waals surface area contributed by atoms with E-state index in [-0.39, 0.29) is 0 Å². The van der Waals surface area contributed by atoms with Gasteiger partial charge in [-0.3, -0.25) is 14.4 Å². The molecule has 0 aliphatic rings. The second kappa shape index (κ2) is 9.02. The first kappa shape index (κ1) is 24.8. The monoisotopic (exact) mass is 600 g/mol. The highest BCUT2D eigenvalue weighted by molar-refractivity contribution is 6.24. The highest BCUT2D eigenvalue weighted by Gasteiger charge is 2.21. The lowest BCUT2D eigenvalue weighted by atomic mass is 10.0. The van der Waals surface area contributed by atoms with Crippen LogP contribution in [0.4, 0.5) is 0 Å². The Morgan fingerprint density at radius 2 is 0.979 bits per heavy atom. The minimum absolute atomic E-state index is 0.868. The molecule has 0 saturated heterocycles. The highest BCUT2D eigenvalue weighted by Crippen LogP contribution is 2.42. The first-order chi connectivity index (χ1) is 23.3. The Morgan fingerprint density at radius 1 is 0.383 bits per heavy atom. The Morgan fingerprint density at radius 3 is 1.77 bits per heavy atom. The van der Waals surface area contributed by atoms with Gasteiger partial charge in [-0.15, -0.1) is 0 Å². The maximum absolute atomic E-state index is 5.14. The number of fused-ring (bicyclic) bond motifs is 14. The second-order valence-corrected chi connectivity index (χ2v) is 12.2. The molecule has 0 unspecified atom stereocenters. The Bertz CT molecular complexity index is 3060. The molecule has 11 aromatic rings. The molecule has 0 saturated carbocycles. The van der Waals surface area contributed by atoms with E-state index in [1.807, 2.05) is 30.9 Å². The van der Waals surface area contributed by atoms with Crippen molar-refractivity contribution in [3.8, 4) is 11.4 Å². The minimum atomic E-state index is 0.868. The van der Waals surface area contributed by atoms with Gasteiger partial charge in [-0.1, -0.05) is 54.6 Å². The molecule has 0 N–H and O–H groups in total. The predicted molar refractivity (Wildman–Crippen MR) is 192 cm³/mol. The van der Waals surface area contributed by atoms with Gasteiger partial charge in [0.15, 0.2) is 0 Å². The zero-order chi connectivity index (χ0) is 30.6. The summed E-state index contributed by atoms with van der Waals surface area (Å²) in [5.74, 6) is 0. The van der Waals surface area contributed by atoms with Gasteiger partial charge in [0.2, 0.25) is 0 Å². The Kier molecular flexibility index (Phi) is 4.75. The van der Waals surface area contributed by atoms with Crippen LogP contribution in [0.2, 0.25) is 0 Å². The summed E-state index contributed by atoms with van der Waals surface area (Å²) in [6.07, 6.45) is 7.50. The topological polar surface area (TPSA) is 52.9 Å². The van der Waals surface area contributed by atoms with Crippen LogP contribution >= 0.6 is 0 Å². The molecule has 0 spiro atoms. The van der Waals surface area contributed by atoms with Crippen molar-refractivity contribution in [1.82, 2.24) is 28.5 Å². The van der Waals surface area contributed by atoms with Gasteiger partial charge in [-0.25, -0.2) is 4.98 Å². The third-order valence-electron chi connectivity index (χ3n) is 9.76. The van der Waals surface area contributed by atoms with Crippen molar-refractivity contribution in [3.05, 3.63) is 146 Å². The van der Waals surface area contributed by atoms with E-state index in [1.165, 1.54) is 32.6 Å². The van der Waals surface area contributed by atoms with Gasteiger partial charge in [-0.05, 0) is 72.1 Å². The molecule has 11 rings (SSSR count). The summed E-state index contributed by atoms with van der Waals surface area (Å²) >= 11 is 0. The van der Waals surface area contributed by atoms with E-state index in [0.29, 0.717) is 0 Å². The van der Waals surface area contributed by atoms with Gasteiger partial charge >= 0.3 is 0 Å². The van der Waals surface area contributed by atoms with E-state index < -0.39 is 0 Å². The average Bonchev–Trinajstić information content (AvgIpc) is 3.78. The summed E-state index contributed by atoms with van der Waals surface area (Å²) in [5, 5.41) is 8.26. The summed E-state index contributed by atoms with van der Waals surface area (Å²) in [5.41, 5.74) is 10.8. The lowest BCUT2D eigenvalue weighted by Gasteiger charge is -2.11. The van der Waals surface area contributed by atoms with Gasteiger partial charge < -0.3 is 9.13 Å². The van der Waals surface area contributed by atoms with Gasteiger partial charge in [-0.2, -0.15) is 0 Å². The molecule has 0 fully saturated rings. The third kappa shape index (κ3) is 3.26. The number of hydrogen-bond donors (Lipinski definition) is 0. The van der Waals surface area contributed by atoms with E-state index in [0.717, 1.165) is 60.8 Å². The normalized spacial score (nSPS) is 12.3. The molecule has 6 heteroatoms. The van der Waals surface area contributed by atoms with Crippen molar-refractivity contribution in [2.75, 3.05) is 0 Å². The van der Waals surface area contributed by atoms with Gasteiger partial charge in [0.05, 0.1) is 45.5 Å². The standard InChI is InChI=1S/C41H24N6/c1-3-9-25(10-4-1)45-35-14-8-7-13-27(35)30-19-31-32-20-33-29(21-37(32)46(39(31)22-38(30)45)26-11-5-2-6-12-26)28-15-17-43-24-40(28)47-36-16-18-42-23-34(36)44-41(33)47/h1-24H. The van der Waals surface area contributed by atoms with Crippen molar-refractivity contribution < 1.29 is 0 Å². The van der Waals surface area contributed by atoms with E-state index in [4.69, 9.17) is 4.98 Å². The summed E-state index contributed by atoms with van der Waals surface area (Å²) in [4.78, 5) is 14.0. The minimum Gasteiger partial charge on any atom is -0.309 e. The number of aromatic nitrogens is 6. The summed E-state index contributed by atoms with van der Waals surface area (Å²) in [7, 11) is 0. The fourth-order valence-electron chi connectivity index (χ4n) is 7.79. The molecule has 0 atom stereocenters. The number of para-hydroxylation sites is 3. The molecule has 0 radical (unpaired) electrons. The lowest BCUT2D eigenvalue weighted by Crippen LogP contribution is -1.96. The maximum Gasteiger partial charge on any atom is 0.146 e. The first-order valence-corrected chi connectivity index (χ1v) is 15.8. The molecule has 218 valence electrons. The molecule has 5 aromatic carbocycles. The van der Waals surface area contributed by atoms with Crippen LogP contribution in [0.1, 0.15) is 0 Å². The lowest BCUT2D eigenvalue weighted by molar-refractivity contribution is 1.17. The summed E-state index contributed by atoms with van der Waals surface area (Å²) in [6.45, 7) is 0. The van der Waals surface area contributed by atoms with E-state index >= 15 is 0 Å².